The minimum absolute atomic E-state index is 0.642. The average molecular weight is 259 g/mol. The van der Waals surface area contributed by atoms with E-state index >= 15 is 0 Å². The van der Waals surface area contributed by atoms with E-state index in [1.165, 1.54) is 62.1 Å². The predicted octanol–water partition coefficient (Wildman–Crippen LogP) is 2.54. The fourth-order valence-electron chi connectivity index (χ4n) is 3.32. The summed E-state index contributed by atoms with van der Waals surface area (Å²) in [5.41, 5.74) is 2.81. The van der Waals surface area contributed by atoms with Crippen molar-refractivity contribution < 1.29 is 0 Å². The Morgan fingerprint density at radius 1 is 1.26 bits per heavy atom. The molecule has 0 aromatic carbocycles. The van der Waals surface area contributed by atoms with Gasteiger partial charge in [0.05, 0.1) is 0 Å². The van der Waals surface area contributed by atoms with Crippen LogP contribution in [0.2, 0.25) is 0 Å². The first-order chi connectivity index (χ1) is 9.36. The summed E-state index contributed by atoms with van der Waals surface area (Å²) in [6.45, 7) is 5.56. The second kappa shape index (κ2) is 5.91. The van der Waals surface area contributed by atoms with Crippen molar-refractivity contribution in [2.75, 3.05) is 24.5 Å². The molecule has 1 fully saturated rings. The molecule has 1 aromatic rings. The van der Waals surface area contributed by atoms with Gasteiger partial charge in [0.15, 0.2) is 0 Å². The summed E-state index contributed by atoms with van der Waals surface area (Å²) in [6.07, 6.45) is 7.68. The number of aromatic nitrogens is 1. The molecular formula is C16H25N3. The maximum absolute atomic E-state index is 4.89. The Bertz CT molecular complexity index is 424. The van der Waals surface area contributed by atoms with E-state index in [4.69, 9.17) is 4.98 Å². The second-order valence-corrected chi connectivity index (χ2v) is 5.81. The number of nitrogens with one attached hydrogen (secondary N) is 1. The third-order valence-electron chi connectivity index (χ3n) is 4.47. The molecule has 0 radical (unpaired) electrons. The Kier molecular flexibility index (Phi) is 4.02. The zero-order valence-electron chi connectivity index (χ0n) is 12.0. The van der Waals surface area contributed by atoms with Gasteiger partial charge in [-0.2, -0.15) is 0 Å². The number of hydrogen-bond donors (Lipinski definition) is 1. The number of likely N-dealkylation sites (N-methyl/N-ethyl adjacent to an activating group) is 1. The van der Waals surface area contributed by atoms with Crippen LogP contribution < -0.4 is 10.2 Å². The van der Waals surface area contributed by atoms with Gasteiger partial charge in [-0.3, -0.25) is 0 Å². The summed E-state index contributed by atoms with van der Waals surface area (Å²) in [4.78, 5) is 7.32. The first kappa shape index (κ1) is 12.9. The first-order valence-corrected chi connectivity index (χ1v) is 7.84. The predicted molar refractivity (Wildman–Crippen MR) is 79.8 cm³/mol. The number of rotatable bonds is 4. The SMILES string of the molecule is CCN(CC1CCCCN1)c1ccc2c(n1)CCC2. The Balaban J connectivity index is 1.70. The minimum atomic E-state index is 0.642. The molecule has 1 atom stereocenters. The van der Waals surface area contributed by atoms with Crippen LogP contribution in [0.5, 0.6) is 0 Å². The molecule has 2 aliphatic rings. The molecule has 1 aromatic heterocycles. The molecule has 1 aliphatic heterocycles. The molecule has 0 spiro atoms. The number of aryl methyl sites for hydroxylation is 2. The third kappa shape index (κ3) is 2.92. The zero-order chi connectivity index (χ0) is 13.1. The fourth-order valence-corrected chi connectivity index (χ4v) is 3.32. The first-order valence-electron chi connectivity index (χ1n) is 7.84. The summed E-state index contributed by atoms with van der Waals surface area (Å²) in [7, 11) is 0. The monoisotopic (exact) mass is 259 g/mol. The number of anilines is 1. The average Bonchev–Trinajstić information content (AvgIpc) is 2.93. The van der Waals surface area contributed by atoms with Gasteiger partial charge < -0.3 is 10.2 Å². The Morgan fingerprint density at radius 2 is 2.21 bits per heavy atom. The van der Waals surface area contributed by atoms with Crippen LogP contribution >= 0.6 is 0 Å². The highest BCUT2D eigenvalue weighted by molar-refractivity contribution is 5.43. The van der Waals surface area contributed by atoms with E-state index in [2.05, 4.69) is 29.3 Å². The van der Waals surface area contributed by atoms with Crippen LogP contribution in [-0.2, 0) is 12.8 Å². The van der Waals surface area contributed by atoms with Crippen LogP contribution in [0.3, 0.4) is 0 Å². The van der Waals surface area contributed by atoms with Crippen LogP contribution in [0.15, 0.2) is 12.1 Å². The molecule has 0 amide bonds. The number of hydrogen-bond acceptors (Lipinski definition) is 3. The van der Waals surface area contributed by atoms with E-state index in [0.717, 1.165) is 13.1 Å². The molecule has 104 valence electrons. The van der Waals surface area contributed by atoms with Gasteiger partial charge in [0, 0.05) is 24.8 Å². The lowest BCUT2D eigenvalue weighted by atomic mass is 10.0. The number of piperidine rings is 1. The van der Waals surface area contributed by atoms with Crippen LogP contribution in [0, 0.1) is 0 Å². The maximum Gasteiger partial charge on any atom is 0.128 e. The largest absolute Gasteiger partial charge is 0.355 e. The van der Waals surface area contributed by atoms with Crippen molar-refractivity contribution >= 4 is 5.82 Å². The van der Waals surface area contributed by atoms with Crippen molar-refractivity contribution in [1.82, 2.24) is 10.3 Å². The molecule has 1 N–H and O–H groups in total. The molecule has 3 rings (SSSR count). The molecule has 0 bridgehead atoms. The lowest BCUT2D eigenvalue weighted by molar-refractivity contribution is 0.399. The van der Waals surface area contributed by atoms with Gasteiger partial charge in [-0.15, -0.1) is 0 Å². The van der Waals surface area contributed by atoms with Gasteiger partial charge in [-0.25, -0.2) is 4.98 Å². The summed E-state index contributed by atoms with van der Waals surface area (Å²) >= 11 is 0. The molecular weight excluding hydrogens is 234 g/mol. The Labute approximate surface area is 116 Å². The Morgan fingerprint density at radius 3 is 3.00 bits per heavy atom. The van der Waals surface area contributed by atoms with E-state index in [0.29, 0.717) is 6.04 Å². The lowest BCUT2D eigenvalue weighted by Crippen LogP contribution is -2.44. The van der Waals surface area contributed by atoms with E-state index in [9.17, 15) is 0 Å². The van der Waals surface area contributed by atoms with Crippen molar-refractivity contribution in [1.29, 1.82) is 0 Å². The second-order valence-electron chi connectivity index (χ2n) is 5.81. The van der Waals surface area contributed by atoms with Gasteiger partial charge in [0.25, 0.3) is 0 Å². The smallest absolute Gasteiger partial charge is 0.128 e. The highest BCUT2D eigenvalue weighted by Gasteiger charge is 2.18. The zero-order valence-corrected chi connectivity index (χ0v) is 12.0. The van der Waals surface area contributed by atoms with Crippen LogP contribution in [0.1, 0.15) is 43.9 Å². The number of pyridine rings is 1. The molecule has 2 heterocycles. The van der Waals surface area contributed by atoms with Gasteiger partial charge in [0.2, 0.25) is 0 Å². The van der Waals surface area contributed by atoms with Gasteiger partial charge in [-0.1, -0.05) is 12.5 Å². The van der Waals surface area contributed by atoms with E-state index in [1.807, 2.05) is 0 Å². The highest BCUT2D eigenvalue weighted by atomic mass is 15.2. The van der Waals surface area contributed by atoms with Crippen molar-refractivity contribution in [2.45, 2.75) is 51.5 Å². The standard InChI is InChI=1S/C16H25N3/c1-2-19(12-14-7-3-4-11-17-14)16-10-9-13-6-5-8-15(13)18-16/h9-10,14,17H,2-8,11-12H2,1H3. The summed E-state index contributed by atoms with van der Waals surface area (Å²) in [6, 6.07) is 5.15. The van der Waals surface area contributed by atoms with Gasteiger partial charge in [-0.05, 0) is 57.2 Å². The molecule has 19 heavy (non-hydrogen) atoms. The van der Waals surface area contributed by atoms with Crippen molar-refractivity contribution in [2.24, 2.45) is 0 Å². The molecule has 1 unspecified atom stereocenters. The van der Waals surface area contributed by atoms with Crippen LogP contribution in [0.25, 0.3) is 0 Å². The summed E-state index contributed by atoms with van der Waals surface area (Å²) < 4.78 is 0. The molecule has 0 saturated carbocycles. The van der Waals surface area contributed by atoms with E-state index in [1.54, 1.807) is 0 Å². The minimum Gasteiger partial charge on any atom is -0.355 e. The van der Waals surface area contributed by atoms with Crippen molar-refractivity contribution in [3.63, 3.8) is 0 Å². The number of fused-ring (bicyclic) bond motifs is 1. The normalized spacial score (nSPS) is 22.3. The Hall–Kier alpha value is -1.09. The van der Waals surface area contributed by atoms with E-state index < -0.39 is 0 Å². The highest BCUT2D eigenvalue weighted by Crippen LogP contribution is 2.23. The third-order valence-corrected chi connectivity index (χ3v) is 4.47. The molecule has 3 nitrogen and oxygen atoms in total. The molecule has 1 aliphatic carbocycles. The number of nitrogens with zero attached hydrogens (tertiary/aromatic N) is 2. The molecule has 1 saturated heterocycles. The topological polar surface area (TPSA) is 28.2 Å². The van der Waals surface area contributed by atoms with E-state index in [-0.39, 0.29) is 0 Å². The summed E-state index contributed by atoms with van der Waals surface area (Å²) in [5, 5.41) is 3.64. The van der Waals surface area contributed by atoms with Crippen LogP contribution in [0.4, 0.5) is 5.82 Å². The fraction of sp³-hybridized carbons (Fsp3) is 0.688. The van der Waals surface area contributed by atoms with Gasteiger partial charge >= 0.3 is 0 Å². The van der Waals surface area contributed by atoms with Crippen molar-refractivity contribution in [3.8, 4) is 0 Å². The lowest BCUT2D eigenvalue weighted by Gasteiger charge is -2.30. The van der Waals surface area contributed by atoms with Gasteiger partial charge in [0.1, 0.15) is 5.82 Å². The maximum atomic E-state index is 4.89. The van der Waals surface area contributed by atoms with Crippen LogP contribution in [-0.4, -0.2) is 30.7 Å². The quantitative estimate of drug-likeness (QED) is 0.900. The molecule has 3 heteroatoms. The van der Waals surface area contributed by atoms with Crippen molar-refractivity contribution in [3.05, 3.63) is 23.4 Å². The summed E-state index contributed by atoms with van der Waals surface area (Å²) in [5.74, 6) is 1.18.